The molecule has 4 rings (SSSR count). The maximum atomic E-state index is 12.5. The lowest BCUT2D eigenvalue weighted by molar-refractivity contribution is -0.120. The Balaban J connectivity index is 1.46. The van der Waals surface area contributed by atoms with Crippen LogP contribution < -0.4 is 5.32 Å². The highest BCUT2D eigenvalue weighted by Gasteiger charge is 2.39. The van der Waals surface area contributed by atoms with Gasteiger partial charge < -0.3 is 10.1 Å². The number of rotatable bonds is 6. The summed E-state index contributed by atoms with van der Waals surface area (Å²) >= 11 is 1.36. The molecule has 3 heterocycles. The molecule has 2 aromatic rings. The molecule has 1 unspecified atom stereocenters. The predicted molar refractivity (Wildman–Crippen MR) is 116 cm³/mol. The third-order valence-electron chi connectivity index (χ3n) is 5.37. The highest BCUT2D eigenvalue weighted by Crippen LogP contribution is 2.27. The molecule has 0 radical (unpaired) electrons. The van der Waals surface area contributed by atoms with Crippen LogP contribution in [0.5, 0.6) is 0 Å². The molecule has 1 atom stereocenters. The maximum absolute atomic E-state index is 12.5. The number of thioether (sulfide) groups is 1. The zero-order valence-corrected chi connectivity index (χ0v) is 18.6. The molecule has 1 aromatic carbocycles. The van der Waals surface area contributed by atoms with E-state index in [4.69, 9.17) is 14.7 Å². The van der Waals surface area contributed by atoms with Crippen molar-refractivity contribution in [1.82, 2.24) is 20.2 Å². The van der Waals surface area contributed by atoms with E-state index in [1.807, 2.05) is 24.3 Å². The third-order valence-corrected chi connectivity index (χ3v) is 8.26. The van der Waals surface area contributed by atoms with E-state index in [-0.39, 0.29) is 23.2 Å². The number of aromatic nitrogens is 2. The van der Waals surface area contributed by atoms with E-state index in [9.17, 15) is 13.2 Å². The number of nitrogens with one attached hydrogen (secondary N) is 1. The Labute approximate surface area is 180 Å². The molecule has 2 fully saturated rings. The van der Waals surface area contributed by atoms with Crippen LogP contribution in [-0.2, 0) is 25.9 Å². The summed E-state index contributed by atoms with van der Waals surface area (Å²) in [6, 6.07) is 7.78. The molecular weight excluding hydrogens is 424 g/mol. The van der Waals surface area contributed by atoms with E-state index in [1.54, 1.807) is 6.92 Å². The van der Waals surface area contributed by atoms with Gasteiger partial charge in [-0.3, -0.25) is 9.69 Å². The lowest BCUT2D eigenvalue weighted by atomic mass is 10.0. The van der Waals surface area contributed by atoms with Crippen molar-refractivity contribution >= 4 is 38.4 Å². The summed E-state index contributed by atoms with van der Waals surface area (Å²) in [7, 11) is -3.07. The van der Waals surface area contributed by atoms with Crippen LogP contribution in [0.25, 0.3) is 10.9 Å². The fourth-order valence-electron chi connectivity index (χ4n) is 3.85. The van der Waals surface area contributed by atoms with Gasteiger partial charge in [-0.25, -0.2) is 18.4 Å². The van der Waals surface area contributed by atoms with E-state index in [0.29, 0.717) is 26.2 Å². The smallest absolute Gasteiger partial charge is 0.230 e. The topological polar surface area (TPSA) is 101 Å². The average Bonchev–Trinajstić information content (AvgIpc) is 2.99. The molecule has 0 saturated carbocycles. The van der Waals surface area contributed by atoms with Gasteiger partial charge in [-0.1, -0.05) is 30.0 Å². The summed E-state index contributed by atoms with van der Waals surface area (Å²) in [6.45, 7) is 5.56. The summed E-state index contributed by atoms with van der Waals surface area (Å²) in [4.78, 5) is 24.2. The van der Waals surface area contributed by atoms with E-state index < -0.39 is 15.4 Å². The Bertz CT molecular complexity index is 1040. The van der Waals surface area contributed by atoms with Crippen molar-refractivity contribution in [2.75, 3.05) is 43.6 Å². The van der Waals surface area contributed by atoms with E-state index in [1.165, 1.54) is 11.8 Å². The number of sulfone groups is 1. The van der Waals surface area contributed by atoms with Gasteiger partial charge >= 0.3 is 0 Å². The molecule has 162 valence electrons. The van der Waals surface area contributed by atoms with E-state index in [0.717, 1.165) is 34.8 Å². The number of morpholine rings is 1. The van der Waals surface area contributed by atoms with Gasteiger partial charge in [0, 0.05) is 18.5 Å². The number of hydrogen-bond acceptors (Lipinski definition) is 8. The molecule has 0 spiro atoms. The van der Waals surface area contributed by atoms with Crippen molar-refractivity contribution in [1.29, 1.82) is 0 Å². The Hall–Kier alpha value is -1.75. The first-order valence-corrected chi connectivity index (χ1v) is 12.8. The van der Waals surface area contributed by atoms with Gasteiger partial charge in [-0.2, -0.15) is 0 Å². The van der Waals surface area contributed by atoms with Crippen molar-refractivity contribution in [2.24, 2.45) is 0 Å². The van der Waals surface area contributed by atoms with Crippen LogP contribution in [0.4, 0.5) is 0 Å². The largest absolute Gasteiger partial charge is 0.379 e. The fraction of sp³-hybridized carbons (Fsp3) is 0.550. The first kappa shape index (κ1) is 21.5. The summed E-state index contributed by atoms with van der Waals surface area (Å²) in [5, 5.41) is 4.58. The average molecular weight is 451 g/mol. The zero-order chi connectivity index (χ0) is 21.2. The second-order valence-electron chi connectivity index (χ2n) is 8.09. The normalized spacial score (nSPS) is 24.2. The SMILES string of the molecule is CC1(NC(=O)CSc2nc(CN3CCOCC3)nc3ccccc23)CCS(=O)(=O)C1. The number of benzene rings is 1. The lowest BCUT2D eigenvalue weighted by Gasteiger charge is -2.26. The second kappa shape index (κ2) is 8.78. The molecule has 10 heteroatoms. The van der Waals surface area contributed by atoms with Gasteiger partial charge in [0.15, 0.2) is 9.84 Å². The molecule has 1 aromatic heterocycles. The van der Waals surface area contributed by atoms with Crippen LogP contribution in [0.15, 0.2) is 29.3 Å². The monoisotopic (exact) mass is 450 g/mol. The zero-order valence-electron chi connectivity index (χ0n) is 17.0. The van der Waals surface area contributed by atoms with Gasteiger partial charge in [0.2, 0.25) is 5.91 Å². The van der Waals surface area contributed by atoms with E-state index in [2.05, 4.69) is 10.2 Å². The molecule has 2 saturated heterocycles. The highest BCUT2D eigenvalue weighted by atomic mass is 32.2. The fourth-order valence-corrected chi connectivity index (χ4v) is 6.78. The quantitative estimate of drug-likeness (QED) is 0.518. The predicted octanol–water partition coefficient (Wildman–Crippen LogP) is 1.25. The third kappa shape index (κ3) is 5.29. The van der Waals surface area contributed by atoms with Crippen molar-refractivity contribution in [3.8, 4) is 0 Å². The van der Waals surface area contributed by atoms with Crippen LogP contribution >= 0.6 is 11.8 Å². The molecule has 30 heavy (non-hydrogen) atoms. The molecular formula is C20H26N4O4S2. The number of ether oxygens (including phenoxy) is 1. The van der Waals surface area contributed by atoms with Gasteiger partial charge in [0.1, 0.15) is 10.9 Å². The molecule has 2 aliphatic heterocycles. The Morgan fingerprint density at radius 1 is 1.27 bits per heavy atom. The Morgan fingerprint density at radius 3 is 2.77 bits per heavy atom. The lowest BCUT2D eigenvalue weighted by Crippen LogP contribution is -2.47. The van der Waals surface area contributed by atoms with Crippen LogP contribution in [0.3, 0.4) is 0 Å². The van der Waals surface area contributed by atoms with Crippen LogP contribution in [0.2, 0.25) is 0 Å². The standard InChI is InChI=1S/C20H26N4O4S2/c1-20(6-11-30(26,27)14-20)23-18(25)13-29-19-15-4-2-3-5-16(15)21-17(22-19)12-24-7-9-28-10-8-24/h2-5H,6-14H2,1H3,(H,23,25). The number of carbonyl (C=O) groups is 1. The molecule has 1 N–H and O–H groups in total. The van der Waals surface area contributed by atoms with Gasteiger partial charge in [-0.05, 0) is 19.4 Å². The van der Waals surface area contributed by atoms with Gasteiger partial charge in [-0.15, -0.1) is 0 Å². The first-order valence-electron chi connectivity index (χ1n) is 10.0. The minimum absolute atomic E-state index is 0.00343. The molecule has 0 aliphatic carbocycles. The van der Waals surface area contributed by atoms with Gasteiger partial charge in [0.25, 0.3) is 0 Å². The molecule has 2 aliphatic rings. The van der Waals surface area contributed by atoms with E-state index >= 15 is 0 Å². The summed E-state index contributed by atoms with van der Waals surface area (Å²) in [5.74, 6) is 0.840. The molecule has 0 bridgehead atoms. The van der Waals surface area contributed by atoms with Crippen molar-refractivity contribution in [3.05, 3.63) is 30.1 Å². The number of hydrogen-bond donors (Lipinski definition) is 1. The Kier molecular flexibility index (Phi) is 6.29. The van der Waals surface area contributed by atoms with Crippen LogP contribution in [-0.4, -0.2) is 78.3 Å². The van der Waals surface area contributed by atoms with Crippen molar-refractivity contribution in [2.45, 2.75) is 30.5 Å². The van der Waals surface area contributed by atoms with Crippen LogP contribution in [0, 0.1) is 0 Å². The first-order chi connectivity index (χ1) is 14.3. The Morgan fingerprint density at radius 2 is 2.03 bits per heavy atom. The summed E-state index contributed by atoms with van der Waals surface area (Å²) in [6.07, 6.45) is 0.450. The summed E-state index contributed by atoms with van der Waals surface area (Å²) in [5.41, 5.74) is 0.165. The number of fused-ring (bicyclic) bond motifs is 1. The summed E-state index contributed by atoms with van der Waals surface area (Å²) < 4.78 is 28.9. The van der Waals surface area contributed by atoms with Crippen molar-refractivity contribution < 1.29 is 17.9 Å². The number of nitrogens with zero attached hydrogens (tertiary/aromatic N) is 3. The van der Waals surface area contributed by atoms with Crippen molar-refractivity contribution in [3.63, 3.8) is 0 Å². The maximum Gasteiger partial charge on any atom is 0.230 e. The number of amides is 1. The second-order valence-corrected chi connectivity index (χ2v) is 11.2. The minimum Gasteiger partial charge on any atom is -0.379 e. The number of carbonyl (C=O) groups excluding carboxylic acids is 1. The molecule has 1 amide bonds. The van der Waals surface area contributed by atoms with Crippen LogP contribution in [0.1, 0.15) is 19.2 Å². The van der Waals surface area contributed by atoms with Gasteiger partial charge in [0.05, 0.1) is 48.1 Å². The molecule has 8 nitrogen and oxygen atoms in total. The highest BCUT2D eigenvalue weighted by molar-refractivity contribution is 8.00. The number of para-hydroxylation sites is 1. The minimum atomic E-state index is -3.07.